The van der Waals surface area contributed by atoms with Crippen LogP contribution in [0.15, 0.2) is 29.1 Å². The van der Waals surface area contributed by atoms with E-state index in [1.165, 1.54) is 5.69 Å². The standard InChI is InChI=1S/C20H26N6O2/c1-24-17-6-4-14(10-18(17)25(2)20(24)28)12-22-19(27)7-5-15-11-16-13-21-8-3-9-26(16)23-15/h4,6,10-11,21H,3,5,7-9,12-13H2,1-2H3,(H,22,27). The summed E-state index contributed by atoms with van der Waals surface area (Å²) >= 11 is 0. The quantitative estimate of drug-likeness (QED) is 0.684. The molecule has 3 heterocycles. The monoisotopic (exact) mass is 382 g/mol. The Morgan fingerprint density at radius 3 is 2.89 bits per heavy atom. The largest absolute Gasteiger partial charge is 0.352 e. The second kappa shape index (κ2) is 7.63. The molecule has 0 atom stereocenters. The third kappa shape index (κ3) is 3.60. The lowest BCUT2D eigenvalue weighted by atomic mass is 10.2. The van der Waals surface area contributed by atoms with Crippen molar-refractivity contribution in [2.75, 3.05) is 6.54 Å². The molecule has 0 spiro atoms. The lowest BCUT2D eigenvalue weighted by molar-refractivity contribution is -0.121. The van der Waals surface area contributed by atoms with Crippen LogP contribution in [0.25, 0.3) is 11.0 Å². The minimum absolute atomic E-state index is 0.00312. The van der Waals surface area contributed by atoms with Crippen LogP contribution < -0.4 is 16.3 Å². The van der Waals surface area contributed by atoms with Crippen molar-refractivity contribution in [2.24, 2.45) is 14.1 Å². The molecule has 1 aliphatic rings. The molecule has 0 saturated carbocycles. The molecule has 0 saturated heterocycles. The Morgan fingerprint density at radius 2 is 2.04 bits per heavy atom. The Bertz CT molecular complexity index is 1050. The van der Waals surface area contributed by atoms with Crippen LogP contribution in [-0.4, -0.2) is 31.4 Å². The predicted molar refractivity (Wildman–Crippen MR) is 107 cm³/mol. The van der Waals surface area contributed by atoms with E-state index >= 15 is 0 Å². The first-order chi connectivity index (χ1) is 13.5. The summed E-state index contributed by atoms with van der Waals surface area (Å²) in [6.45, 7) is 3.23. The summed E-state index contributed by atoms with van der Waals surface area (Å²) in [5.74, 6) is 0.00312. The Hall–Kier alpha value is -2.87. The molecule has 1 aliphatic heterocycles. The number of aryl methyl sites for hydroxylation is 4. The highest BCUT2D eigenvalue weighted by atomic mass is 16.2. The van der Waals surface area contributed by atoms with Gasteiger partial charge in [0.05, 0.1) is 22.4 Å². The molecule has 0 fully saturated rings. The second-order valence-corrected chi connectivity index (χ2v) is 7.38. The molecule has 8 heteroatoms. The lowest BCUT2D eigenvalue weighted by Crippen LogP contribution is -2.23. The van der Waals surface area contributed by atoms with Gasteiger partial charge in [0.1, 0.15) is 0 Å². The van der Waals surface area contributed by atoms with Crippen molar-refractivity contribution in [3.63, 3.8) is 0 Å². The molecule has 2 N–H and O–H groups in total. The molecule has 28 heavy (non-hydrogen) atoms. The van der Waals surface area contributed by atoms with Crippen LogP contribution in [0.2, 0.25) is 0 Å². The van der Waals surface area contributed by atoms with E-state index in [4.69, 9.17) is 0 Å². The third-order valence-electron chi connectivity index (χ3n) is 5.38. The first-order valence-corrected chi connectivity index (χ1v) is 9.70. The van der Waals surface area contributed by atoms with Gasteiger partial charge < -0.3 is 10.6 Å². The van der Waals surface area contributed by atoms with Crippen molar-refractivity contribution in [1.29, 1.82) is 0 Å². The van der Waals surface area contributed by atoms with Crippen LogP contribution >= 0.6 is 0 Å². The van der Waals surface area contributed by atoms with Crippen LogP contribution in [0.4, 0.5) is 0 Å². The van der Waals surface area contributed by atoms with Gasteiger partial charge in [-0.2, -0.15) is 5.10 Å². The van der Waals surface area contributed by atoms with E-state index < -0.39 is 0 Å². The van der Waals surface area contributed by atoms with Crippen molar-refractivity contribution in [2.45, 2.75) is 38.9 Å². The summed E-state index contributed by atoms with van der Waals surface area (Å²) < 4.78 is 5.30. The van der Waals surface area contributed by atoms with Crippen molar-refractivity contribution in [3.05, 3.63) is 51.7 Å². The maximum atomic E-state index is 12.3. The zero-order chi connectivity index (χ0) is 19.7. The minimum atomic E-state index is -0.0511. The van der Waals surface area contributed by atoms with Crippen LogP contribution in [0, 0.1) is 0 Å². The molecule has 2 aromatic heterocycles. The van der Waals surface area contributed by atoms with Gasteiger partial charge >= 0.3 is 5.69 Å². The molecule has 1 amide bonds. The third-order valence-corrected chi connectivity index (χ3v) is 5.38. The van der Waals surface area contributed by atoms with Gasteiger partial charge in [-0.1, -0.05) is 6.07 Å². The van der Waals surface area contributed by atoms with Crippen LogP contribution in [0.1, 0.15) is 29.8 Å². The van der Waals surface area contributed by atoms with Crippen molar-refractivity contribution in [3.8, 4) is 0 Å². The summed E-state index contributed by atoms with van der Waals surface area (Å²) in [5, 5.41) is 11.0. The minimum Gasteiger partial charge on any atom is -0.352 e. The number of rotatable bonds is 5. The highest BCUT2D eigenvalue weighted by Gasteiger charge is 2.12. The fourth-order valence-electron chi connectivity index (χ4n) is 3.74. The molecule has 148 valence electrons. The summed E-state index contributed by atoms with van der Waals surface area (Å²) in [4.78, 5) is 24.3. The maximum absolute atomic E-state index is 12.3. The van der Waals surface area contributed by atoms with Gasteiger partial charge in [0.25, 0.3) is 0 Å². The summed E-state index contributed by atoms with van der Waals surface area (Å²) in [6.07, 6.45) is 2.12. The zero-order valence-corrected chi connectivity index (χ0v) is 16.4. The number of hydrogen-bond donors (Lipinski definition) is 2. The van der Waals surface area contributed by atoms with E-state index in [0.717, 1.165) is 48.3 Å². The van der Waals surface area contributed by atoms with E-state index in [1.54, 1.807) is 23.2 Å². The second-order valence-electron chi connectivity index (χ2n) is 7.38. The molecular weight excluding hydrogens is 356 g/mol. The molecule has 4 rings (SSSR count). The first kappa shape index (κ1) is 18.5. The maximum Gasteiger partial charge on any atom is 0.328 e. The number of carbonyl (C=O) groups excluding carboxylic acids is 1. The molecular formula is C20H26N6O2. The molecule has 8 nitrogen and oxygen atoms in total. The average Bonchev–Trinajstić information content (AvgIpc) is 3.08. The SMILES string of the molecule is Cn1c(=O)n(C)c2cc(CNC(=O)CCc3cc4n(n3)CCCNC4)ccc21. The average molecular weight is 382 g/mol. The number of amides is 1. The van der Waals surface area contributed by atoms with Gasteiger partial charge in [-0.05, 0) is 36.7 Å². The fourth-order valence-corrected chi connectivity index (χ4v) is 3.74. The fraction of sp³-hybridized carbons (Fsp3) is 0.450. The van der Waals surface area contributed by atoms with Gasteiger partial charge in [0, 0.05) is 46.6 Å². The first-order valence-electron chi connectivity index (χ1n) is 9.70. The molecule has 1 aromatic carbocycles. The van der Waals surface area contributed by atoms with Crippen molar-refractivity contribution >= 4 is 16.9 Å². The highest BCUT2D eigenvalue weighted by molar-refractivity contribution is 5.78. The number of nitrogens with zero attached hydrogens (tertiary/aromatic N) is 4. The lowest BCUT2D eigenvalue weighted by Gasteiger charge is -2.06. The smallest absolute Gasteiger partial charge is 0.328 e. The molecule has 0 radical (unpaired) electrons. The Balaban J connectivity index is 1.34. The number of nitrogens with one attached hydrogen (secondary N) is 2. The molecule has 0 bridgehead atoms. The highest BCUT2D eigenvalue weighted by Crippen LogP contribution is 2.14. The number of imidazole rings is 1. The van der Waals surface area contributed by atoms with E-state index in [-0.39, 0.29) is 11.6 Å². The van der Waals surface area contributed by atoms with Gasteiger partial charge in [0.15, 0.2) is 0 Å². The van der Waals surface area contributed by atoms with Gasteiger partial charge in [-0.15, -0.1) is 0 Å². The van der Waals surface area contributed by atoms with E-state index in [0.29, 0.717) is 19.4 Å². The Kier molecular flexibility index (Phi) is 5.04. The molecule has 0 aliphatic carbocycles. The number of aromatic nitrogens is 4. The zero-order valence-electron chi connectivity index (χ0n) is 16.4. The number of carbonyl (C=O) groups is 1. The van der Waals surface area contributed by atoms with Crippen LogP contribution in [-0.2, 0) is 44.9 Å². The number of benzene rings is 1. The van der Waals surface area contributed by atoms with Crippen LogP contribution in [0.3, 0.4) is 0 Å². The molecule has 0 unspecified atom stereocenters. The normalized spacial score (nSPS) is 14.1. The van der Waals surface area contributed by atoms with E-state index in [2.05, 4.69) is 21.8 Å². The van der Waals surface area contributed by atoms with E-state index in [1.807, 2.05) is 22.9 Å². The van der Waals surface area contributed by atoms with Gasteiger partial charge in [-0.25, -0.2) is 4.79 Å². The number of fused-ring (bicyclic) bond motifs is 2. The van der Waals surface area contributed by atoms with E-state index in [9.17, 15) is 9.59 Å². The summed E-state index contributed by atoms with van der Waals surface area (Å²) in [7, 11) is 3.52. The summed E-state index contributed by atoms with van der Waals surface area (Å²) in [5.41, 5.74) is 4.83. The van der Waals surface area contributed by atoms with Gasteiger partial charge in [-0.3, -0.25) is 18.6 Å². The Morgan fingerprint density at radius 1 is 1.21 bits per heavy atom. The molecule has 3 aromatic rings. The summed E-state index contributed by atoms with van der Waals surface area (Å²) in [6, 6.07) is 7.91. The van der Waals surface area contributed by atoms with Gasteiger partial charge in [0.2, 0.25) is 5.91 Å². The predicted octanol–water partition coefficient (Wildman–Crippen LogP) is 0.816. The van der Waals surface area contributed by atoms with Crippen LogP contribution in [0.5, 0.6) is 0 Å². The van der Waals surface area contributed by atoms with Crippen molar-refractivity contribution in [1.82, 2.24) is 29.5 Å². The number of hydrogen-bond acceptors (Lipinski definition) is 4. The van der Waals surface area contributed by atoms with Crippen molar-refractivity contribution < 1.29 is 4.79 Å². The topological polar surface area (TPSA) is 85.9 Å². The Labute approximate surface area is 163 Å².